The van der Waals surface area contributed by atoms with Crippen LogP contribution in [0.4, 0.5) is 0 Å². The second-order valence-electron chi connectivity index (χ2n) is 4.31. The first-order chi connectivity index (χ1) is 9.16. The van der Waals surface area contributed by atoms with E-state index in [1.165, 1.54) is 19.3 Å². The minimum Gasteiger partial charge on any atom is -0.390 e. The zero-order valence-electron chi connectivity index (χ0n) is 12.7. The van der Waals surface area contributed by atoms with Gasteiger partial charge < -0.3 is 19.1 Å². The highest BCUT2D eigenvalue weighted by molar-refractivity contribution is 7.99. The molecule has 0 atom stereocenters. The largest absolute Gasteiger partial charge is 0.492 e. The Balaban J connectivity index is 2.32. The third-order valence-corrected chi connectivity index (χ3v) is 5.22. The van der Waals surface area contributed by atoms with Gasteiger partial charge in [-0.15, -0.1) is 11.8 Å². The van der Waals surface area contributed by atoms with Crippen molar-refractivity contribution in [3.63, 3.8) is 0 Å². The molecular weight excluding hydrogens is 244 g/mol. The van der Waals surface area contributed by atoms with Gasteiger partial charge in [-0.05, 0) is 38.4 Å². The molecule has 0 saturated heterocycles. The molecule has 0 amide bonds. The Morgan fingerprint density at radius 2 is 2.00 bits per heavy atom. The molecule has 1 aliphatic rings. The van der Waals surface area contributed by atoms with Crippen LogP contribution in [0.1, 0.15) is 38.5 Å². The fourth-order valence-corrected chi connectivity index (χ4v) is 3.52. The van der Waals surface area contributed by atoms with Crippen molar-refractivity contribution in [3.8, 4) is 0 Å². The predicted molar refractivity (Wildman–Crippen MR) is 67.1 cm³/mol. The van der Waals surface area contributed by atoms with Crippen LogP contribution in [-0.2, 0) is 4.74 Å². The molecule has 4 nitrogen and oxygen atoms in total. The fraction of sp³-hybridized carbons (Fsp3) is 1.00. The van der Waals surface area contributed by atoms with Crippen LogP contribution < -0.4 is 0 Å². The summed E-state index contributed by atoms with van der Waals surface area (Å²) in [7, 11) is -3.43. The van der Waals surface area contributed by atoms with Gasteiger partial charge in [-0.3, -0.25) is 0 Å². The van der Waals surface area contributed by atoms with Crippen LogP contribution >= 0.6 is 11.8 Å². The number of ether oxygens (including phenoxy) is 1. The Kier molecular flexibility index (Phi) is 4.12. The summed E-state index contributed by atoms with van der Waals surface area (Å²) in [5.74, 6) is 0. The molecule has 6 heteroatoms. The van der Waals surface area contributed by atoms with E-state index in [4.69, 9.17) is 9.03 Å². The zero-order valence-corrected chi connectivity index (χ0v) is 11.5. The van der Waals surface area contributed by atoms with Crippen molar-refractivity contribution in [1.82, 2.24) is 0 Å². The van der Waals surface area contributed by atoms with Crippen molar-refractivity contribution in [2.24, 2.45) is 0 Å². The van der Waals surface area contributed by atoms with Gasteiger partial charge in [0.25, 0.3) is 0 Å². The monoisotopic (exact) mass is 272 g/mol. The molecule has 0 aromatic rings. The van der Waals surface area contributed by atoms with Crippen LogP contribution in [0.5, 0.6) is 0 Å². The second kappa shape index (κ2) is 6.37. The van der Waals surface area contributed by atoms with Crippen molar-refractivity contribution in [1.29, 1.82) is 4.29 Å². The van der Waals surface area contributed by atoms with Gasteiger partial charge in [0.1, 0.15) is 4.93 Å². The SMILES string of the molecule is [3H]O[Si](CCCOC1(SC)CCCCC1)(O[3H])O[3H]. The molecule has 0 unspecified atom stereocenters. The van der Waals surface area contributed by atoms with Crippen LogP contribution in [0.15, 0.2) is 0 Å². The van der Waals surface area contributed by atoms with Gasteiger partial charge in [-0.25, -0.2) is 0 Å². The number of hydrogen-bond donors (Lipinski definition) is 3. The van der Waals surface area contributed by atoms with Gasteiger partial charge in [0.05, 0.1) is 0 Å². The average Bonchev–Trinajstić information content (AvgIpc) is 2.49. The summed E-state index contributed by atoms with van der Waals surface area (Å²) in [5, 5.41) is 0. The lowest BCUT2D eigenvalue weighted by Crippen LogP contribution is -2.35. The van der Waals surface area contributed by atoms with Crippen LogP contribution in [0.2, 0.25) is 6.04 Å². The first-order valence-electron chi connectivity index (χ1n) is 7.00. The summed E-state index contributed by atoms with van der Waals surface area (Å²) in [4.78, 5) is 12.8. The van der Waals surface area contributed by atoms with Gasteiger partial charge in [0, 0.05) is 12.7 Å². The summed E-state index contributed by atoms with van der Waals surface area (Å²) in [5.41, 5.74) is 0. The first-order valence-corrected chi connectivity index (χ1v) is 8.93. The third kappa shape index (κ3) is 5.16. The molecule has 0 aromatic heterocycles. The van der Waals surface area contributed by atoms with E-state index in [9.17, 15) is 0 Å². The summed E-state index contributed by atoms with van der Waals surface area (Å²) in [6, 6.07) is 0.244. The first kappa shape index (κ1) is 10.3. The van der Waals surface area contributed by atoms with Gasteiger partial charge in [0.15, 0.2) is 4.29 Å². The zero-order chi connectivity index (χ0) is 14.2. The van der Waals surface area contributed by atoms with E-state index >= 15 is 0 Å². The molecule has 0 radical (unpaired) electrons. The third-order valence-electron chi connectivity index (χ3n) is 2.98. The Morgan fingerprint density at radius 3 is 2.56 bits per heavy atom. The molecule has 1 saturated carbocycles. The Labute approximate surface area is 107 Å². The van der Waals surface area contributed by atoms with E-state index < -0.39 is 8.80 Å². The molecule has 1 fully saturated rings. The molecule has 0 heterocycles. The molecule has 0 aromatic carbocycles. The van der Waals surface area contributed by atoms with Gasteiger partial charge >= 0.3 is 8.80 Å². The number of thioether (sulfide) groups is 1. The molecule has 3 N–H and O–H groups in total. The highest BCUT2D eigenvalue weighted by atomic mass is 32.2. The molecule has 1 rings (SSSR count). The van der Waals surface area contributed by atoms with E-state index in [0.29, 0.717) is 13.0 Å². The van der Waals surface area contributed by atoms with Crippen LogP contribution in [0.25, 0.3) is 0 Å². The normalized spacial score (nSPS) is 23.4. The molecule has 0 aliphatic heterocycles. The lowest BCUT2D eigenvalue weighted by Gasteiger charge is -2.35. The molecule has 0 spiro atoms. The summed E-state index contributed by atoms with van der Waals surface area (Å²) >= 11 is 1.75. The summed E-state index contributed by atoms with van der Waals surface area (Å²) in [6.07, 6.45) is 8.42. The Morgan fingerprint density at radius 1 is 1.31 bits per heavy atom. The lowest BCUT2D eigenvalue weighted by atomic mass is 9.97. The maximum Gasteiger partial charge on any atom is 0.492 e. The standard InChI is InChI=1S/C10H22O4SSi/c1-15-10(6-3-2-4-7-10)14-8-5-9-16(11,12)13/h11-13H,2-9H2,1H3/i11T,12T,13T. The average molecular weight is 272 g/mol. The predicted octanol–water partition coefficient (Wildman–Crippen LogP) is 1.33. The maximum atomic E-state index is 6.84. The van der Waals surface area contributed by atoms with Crippen molar-refractivity contribution < 1.29 is 19.1 Å². The molecule has 0 bridgehead atoms. The van der Waals surface area contributed by atoms with Crippen molar-refractivity contribution in [3.05, 3.63) is 0 Å². The quantitative estimate of drug-likeness (QED) is 0.336. The second-order valence-corrected chi connectivity index (χ2v) is 7.33. The lowest BCUT2D eigenvalue weighted by molar-refractivity contribution is -0.0000133. The molecule has 1 aliphatic carbocycles. The minimum atomic E-state index is -3.43. The smallest absolute Gasteiger partial charge is 0.390 e. The number of rotatable bonds is 9. The fourth-order valence-electron chi connectivity index (χ4n) is 2.04. The van der Waals surface area contributed by atoms with E-state index in [-0.39, 0.29) is 11.0 Å². The molecule has 96 valence electrons. The minimum absolute atomic E-state index is 0.0894. The highest BCUT2D eigenvalue weighted by Crippen LogP contribution is 2.39. The van der Waals surface area contributed by atoms with Crippen molar-refractivity contribution in [2.75, 3.05) is 12.9 Å². The van der Waals surface area contributed by atoms with Gasteiger partial charge in [0.2, 0.25) is 0 Å². The topological polar surface area (TPSA) is 69.9 Å². The molecule has 16 heavy (non-hydrogen) atoms. The Bertz CT molecular complexity index is 245. The van der Waals surface area contributed by atoms with Crippen molar-refractivity contribution >= 4 is 20.6 Å². The van der Waals surface area contributed by atoms with E-state index in [1.807, 2.05) is 0 Å². The van der Waals surface area contributed by atoms with E-state index in [2.05, 4.69) is 20.6 Å². The maximum absolute atomic E-state index is 6.84. The van der Waals surface area contributed by atoms with Gasteiger partial charge in [-0.2, -0.15) is 0 Å². The van der Waals surface area contributed by atoms with Crippen molar-refractivity contribution in [2.45, 2.75) is 49.5 Å². The van der Waals surface area contributed by atoms with Crippen LogP contribution in [-0.4, -0.2) is 45.3 Å². The molecular formula is C10H22O4SSi. The van der Waals surface area contributed by atoms with Gasteiger partial charge in [-0.1, -0.05) is 6.42 Å². The van der Waals surface area contributed by atoms with E-state index in [1.54, 1.807) is 11.8 Å². The highest BCUT2D eigenvalue weighted by Gasteiger charge is 2.32. The van der Waals surface area contributed by atoms with Crippen LogP contribution in [0, 0.1) is 0 Å². The van der Waals surface area contributed by atoms with E-state index in [0.717, 1.165) is 12.8 Å². The number of hydrogen-bond acceptors (Lipinski definition) is 5. The summed E-state index contributed by atoms with van der Waals surface area (Å²) < 4.78 is 26.5. The Hall–Kier alpha value is 0.407. The van der Waals surface area contributed by atoms with Crippen LogP contribution in [0.3, 0.4) is 0 Å². The summed E-state index contributed by atoms with van der Waals surface area (Å²) in [6.45, 7) is 0.506.